The van der Waals surface area contributed by atoms with Gasteiger partial charge in [-0.1, -0.05) is 6.92 Å². The molecular weight excluding hydrogens is 250 g/mol. The third-order valence-corrected chi connectivity index (χ3v) is 4.16. The predicted molar refractivity (Wildman–Crippen MR) is 72.0 cm³/mol. The number of aryl methyl sites for hydroxylation is 1. The largest absolute Gasteiger partial charge is 0.311 e. The summed E-state index contributed by atoms with van der Waals surface area (Å²) in [6.07, 6.45) is 2.26. The Balaban J connectivity index is 2.94. The zero-order valence-electron chi connectivity index (χ0n) is 11.4. The van der Waals surface area contributed by atoms with Crippen molar-refractivity contribution < 1.29 is 8.42 Å². The molecule has 1 N–H and O–H groups in total. The smallest absolute Gasteiger partial charge is 0.157 e. The number of aromatic nitrogens is 2. The molecule has 18 heavy (non-hydrogen) atoms. The lowest BCUT2D eigenvalue weighted by atomic mass is 10.3. The number of rotatable bonds is 6. The lowest BCUT2D eigenvalue weighted by molar-refractivity contribution is 0.587. The molecule has 0 amide bonds. The van der Waals surface area contributed by atoms with Crippen molar-refractivity contribution in [1.29, 1.82) is 0 Å². The maximum absolute atomic E-state index is 11.5. The Morgan fingerprint density at radius 1 is 1.39 bits per heavy atom. The molecule has 1 unspecified atom stereocenters. The fraction of sp³-hybridized carbons (Fsp3) is 0.667. The van der Waals surface area contributed by atoms with E-state index in [-0.39, 0.29) is 0 Å². The first-order chi connectivity index (χ1) is 8.34. The van der Waals surface area contributed by atoms with Crippen LogP contribution in [0.3, 0.4) is 0 Å². The van der Waals surface area contributed by atoms with E-state index in [2.05, 4.69) is 22.2 Å². The molecule has 1 aromatic rings. The molecule has 6 heteroatoms. The Hall–Kier alpha value is -1.01. The Kier molecular flexibility index (Phi) is 5.22. The van der Waals surface area contributed by atoms with Gasteiger partial charge in [-0.2, -0.15) is 0 Å². The summed E-state index contributed by atoms with van der Waals surface area (Å²) in [6.45, 7) is 7.12. The van der Waals surface area contributed by atoms with Crippen LogP contribution in [0.15, 0.2) is 6.07 Å². The van der Waals surface area contributed by atoms with E-state index in [1.54, 1.807) is 6.92 Å². The number of sulfone groups is 1. The first-order valence-electron chi connectivity index (χ1n) is 6.08. The quantitative estimate of drug-likeness (QED) is 0.792. The monoisotopic (exact) mass is 271 g/mol. The highest BCUT2D eigenvalue weighted by Crippen LogP contribution is 2.17. The minimum Gasteiger partial charge on any atom is -0.311 e. The number of hydrogen-bond donors (Lipinski definition) is 1. The van der Waals surface area contributed by atoms with Crippen LogP contribution in [0.1, 0.15) is 42.7 Å². The van der Waals surface area contributed by atoms with Crippen molar-refractivity contribution in [1.82, 2.24) is 15.3 Å². The van der Waals surface area contributed by atoms with Crippen LogP contribution in [0, 0.1) is 6.92 Å². The average molecular weight is 271 g/mol. The van der Waals surface area contributed by atoms with Crippen LogP contribution in [-0.4, -0.2) is 31.2 Å². The molecule has 1 rings (SSSR count). The van der Waals surface area contributed by atoms with Crippen LogP contribution >= 0.6 is 0 Å². The summed E-state index contributed by atoms with van der Waals surface area (Å²) in [7, 11) is -3.16. The molecule has 0 saturated carbocycles. The van der Waals surface area contributed by atoms with Crippen LogP contribution in [-0.2, 0) is 16.4 Å². The van der Waals surface area contributed by atoms with Gasteiger partial charge in [-0.15, -0.1) is 0 Å². The molecule has 0 radical (unpaired) electrons. The topological polar surface area (TPSA) is 72.0 Å². The molecule has 0 spiro atoms. The van der Waals surface area contributed by atoms with Crippen molar-refractivity contribution in [3.8, 4) is 0 Å². The fourth-order valence-electron chi connectivity index (χ4n) is 1.52. The number of nitrogens with zero attached hydrogens (tertiary/aromatic N) is 2. The van der Waals surface area contributed by atoms with E-state index in [0.29, 0.717) is 12.4 Å². The Morgan fingerprint density at radius 2 is 2.06 bits per heavy atom. The molecule has 0 aliphatic rings. The van der Waals surface area contributed by atoms with Gasteiger partial charge >= 0.3 is 0 Å². The van der Waals surface area contributed by atoms with Gasteiger partial charge in [-0.3, -0.25) is 0 Å². The first-order valence-corrected chi connectivity index (χ1v) is 8.04. The third kappa shape index (κ3) is 4.34. The molecular formula is C12H21N3O2S. The molecule has 1 heterocycles. The molecule has 5 nitrogen and oxygen atoms in total. The van der Waals surface area contributed by atoms with Gasteiger partial charge in [0, 0.05) is 18.5 Å². The summed E-state index contributed by atoms with van der Waals surface area (Å²) < 4.78 is 23.0. The molecule has 1 atom stereocenters. The lowest BCUT2D eigenvalue weighted by Gasteiger charge is -2.11. The molecule has 102 valence electrons. The van der Waals surface area contributed by atoms with Crippen molar-refractivity contribution in [2.24, 2.45) is 0 Å². The maximum atomic E-state index is 11.5. The summed E-state index contributed by atoms with van der Waals surface area (Å²) in [5.74, 6) is 0.380. The van der Waals surface area contributed by atoms with Crippen molar-refractivity contribution in [3.63, 3.8) is 0 Å². The SMILES string of the molecule is CCCNCc1cc(C)nc(C(C)S(C)(=O)=O)n1. The second kappa shape index (κ2) is 6.24. The van der Waals surface area contributed by atoms with Crippen LogP contribution < -0.4 is 5.32 Å². The summed E-state index contributed by atoms with van der Waals surface area (Å²) >= 11 is 0. The molecule has 0 fully saturated rings. The van der Waals surface area contributed by atoms with Gasteiger partial charge in [0.25, 0.3) is 0 Å². The van der Waals surface area contributed by atoms with E-state index in [1.807, 2.05) is 13.0 Å². The van der Waals surface area contributed by atoms with Crippen molar-refractivity contribution in [2.45, 2.75) is 39.0 Å². The second-order valence-corrected chi connectivity index (χ2v) is 6.87. The average Bonchev–Trinajstić information content (AvgIpc) is 2.26. The van der Waals surface area contributed by atoms with Gasteiger partial charge in [0.15, 0.2) is 9.84 Å². The second-order valence-electron chi connectivity index (χ2n) is 4.51. The summed E-state index contributed by atoms with van der Waals surface area (Å²) in [6, 6.07) is 1.88. The highest BCUT2D eigenvalue weighted by atomic mass is 32.2. The molecule has 0 aromatic carbocycles. The number of nitrogens with one attached hydrogen (secondary N) is 1. The number of hydrogen-bond acceptors (Lipinski definition) is 5. The zero-order chi connectivity index (χ0) is 13.8. The highest BCUT2D eigenvalue weighted by Gasteiger charge is 2.20. The predicted octanol–water partition coefficient (Wildman–Crippen LogP) is 1.39. The first kappa shape index (κ1) is 15.0. The van der Waals surface area contributed by atoms with Crippen LogP contribution in [0.2, 0.25) is 0 Å². The van der Waals surface area contributed by atoms with Gasteiger partial charge in [-0.25, -0.2) is 18.4 Å². The summed E-state index contributed by atoms with van der Waals surface area (Å²) in [5.41, 5.74) is 1.63. The van der Waals surface area contributed by atoms with Crippen molar-refractivity contribution in [2.75, 3.05) is 12.8 Å². The van der Waals surface area contributed by atoms with Gasteiger partial charge in [-0.05, 0) is 32.9 Å². The highest BCUT2D eigenvalue weighted by molar-refractivity contribution is 7.90. The summed E-state index contributed by atoms with van der Waals surface area (Å²) in [4.78, 5) is 8.53. The van der Waals surface area contributed by atoms with E-state index in [9.17, 15) is 8.42 Å². The normalized spacial score (nSPS) is 13.6. The van der Waals surface area contributed by atoms with E-state index in [1.165, 1.54) is 6.26 Å². The minimum absolute atomic E-state index is 0.380. The Bertz CT molecular complexity index is 500. The third-order valence-electron chi connectivity index (χ3n) is 2.66. The van der Waals surface area contributed by atoms with Crippen LogP contribution in [0.5, 0.6) is 0 Å². The molecule has 0 saturated heterocycles. The van der Waals surface area contributed by atoms with E-state index >= 15 is 0 Å². The van der Waals surface area contributed by atoms with Gasteiger partial charge in [0.1, 0.15) is 11.1 Å². The Labute approximate surface area is 109 Å². The zero-order valence-corrected chi connectivity index (χ0v) is 12.2. The van der Waals surface area contributed by atoms with Crippen molar-refractivity contribution in [3.05, 3.63) is 23.3 Å². The molecule has 0 aliphatic heterocycles. The Morgan fingerprint density at radius 3 is 2.61 bits per heavy atom. The van der Waals surface area contributed by atoms with Crippen LogP contribution in [0.25, 0.3) is 0 Å². The maximum Gasteiger partial charge on any atom is 0.157 e. The minimum atomic E-state index is -3.16. The summed E-state index contributed by atoms with van der Waals surface area (Å²) in [5, 5.41) is 2.58. The van der Waals surface area contributed by atoms with E-state index < -0.39 is 15.1 Å². The van der Waals surface area contributed by atoms with Gasteiger partial charge < -0.3 is 5.32 Å². The van der Waals surface area contributed by atoms with Gasteiger partial charge in [0.2, 0.25) is 0 Å². The molecule has 1 aromatic heterocycles. The van der Waals surface area contributed by atoms with E-state index in [4.69, 9.17) is 0 Å². The molecule has 0 aliphatic carbocycles. The van der Waals surface area contributed by atoms with Crippen LogP contribution in [0.4, 0.5) is 0 Å². The van der Waals surface area contributed by atoms with Crippen molar-refractivity contribution >= 4 is 9.84 Å². The van der Waals surface area contributed by atoms with E-state index in [0.717, 1.165) is 24.4 Å². The fourth-order valence-corrected chi connectivity index (χ4v) is 2.00. The lowest BCUT2D eigenvalue weighted by Crippen LogP contribution is -2.18. The van der Waals surface area contributed by atoms with Gasteiger partial charge in [0.05, 0.1) is 5.69 Å². The standard InChI is InChI=1S/C12H21N3O2S/c1-5-6-13-8-11-7-9(2)14-12(15-11)10(3)18(4,16)17/h7,10,13H,5-6,8H2,1-4H3. The molecule has 0 bridgehead atoms.